The van der Waals surface area contributed by atoms with E-state index in [1.807, 2.05) is 37.3 Å². The summed E-state index contributed by atoms with van der Waals surface area (Å²) in [4.78, 5) is 28.6. The highest BCUT2D eigenvalue weighted by Crippen LogP contribution is 2.10. The number of carbonyl (C=O) groups is 1. The lowest BCUT2D eigenvalue weighted by Gasteiger charge is -2.10. The Morgan fingerprint density at radius 2 is 2.00 bits per heavy atom. The highest BCUT2D eigenvalue weighted by atomic mass is 16.2. The number of amides is 1. The second-order valence-electron chi connectivity index (χ2n) is 4.89. The lowest BCUT2D eigenvalue weighted by molar-refractivity contribution is 0.0945. The van der Waals surface area contributed by atoms with Crippen LogP contribution < -0.4 is 10.9 Å². The molecule has 112 valence electrons. The predicted octanol–water partition coefficient (Wildman–Crippen LogP) is 1.29. The monoisotopic (exact) mass is 296 g/mol. The Kier molecular flexibility index (Phi) is 3.74. The molecule has 1 N–H and O–H groups in total. The van der Waals surface area contributed by atoms with Gasteiger partial charge in [0.15, 0.2) is 5.65 Å². The molecule has 3 rings (SSSR count). The van der Waals surface area contributed by atoms with Crippen molar-refractivity contribution in [2.75, 3.05) is 6.54 Å². The van der Waals surface area contributed by atoms with Gasteiger partial charge in [0.25, 0.3) is 11.5 Å². The number of hydrogen-bond acceptors (Lipinski definition) is 3. The number of benzene rings is 1. The van der Waals surface area contributed by atoms with Gasteiger partial charge in [-0.05, 0) is 12.5 Å². The van der Waals surface area contributed by atoms with Gasteiger partial charge in [0, 0.05) is 24.9 Å². The van der Waals surface area contributed by atoms with Crippen LogP contribution in [0.3, 0.4) is 0 Å². The molecule has 3 aromatic rings. The molecule has 0 spiro atoms. The molecule has 0 saturated heterocycles. The summed E-state index contributed by atoms with van der Waals surface area (Å²) in [6.07, 6.45) is 1.45. The van der Waals surface area contributed by atoms with Crippen LogP contribution >= 0.6 is 0 Å². The summed E-state index contributed by atoms with van der Waals surface area (Å²) in [6.45, 7) is 2.79. The van der Waals surface area contributed by atoms with Crippen LogP contribution in [0, 0.1) is 0 Å². The number of nitrogens with zero attached hydrogens (tertiary/aromatic N) is 3. The van der Waals surface area contributed by atoms with Crippen molar-refractivity contribution < 1.29 is 4.79 Å². The topological polar surface area (TPSA) is 68.4 Å². The third kappa shape index (κ3) is 2.50. The van der Waals surface area contributed by atoms with E-state index in [-0.39, 0.29) is 11.5 Å². The van der Waals surface area contributed by atoms with Gasteiger partial charge in [-0.1, -0.05) is 30.3 Å². The highest BCUT2D eigenvalue weighted by Gasteiger charge is 2.16. The van der Waals surface area contributed by atoms with Crippen molar-refractivity contribution in [1.82, 2.24) is 19.5 Å². The van der Waals surface area contributed by atoms with Gasteiger partial charge in [0.1, 0.15) is 5.69 Å². The van der Waals surface area contributed by atoms with E-state index in [2.05, 4.69) is 10.3 Å². The van der Waals surface area contributed by atoms with Crippen molar-refractivity contribution in [3.63, 3.8) is 0 Å². The normalized spacial score (nSPS) is 10.8. The summed E-state index contributed by atoms with van der Waals surface area (Å²) in [7, 11) is 0. The molecule has 2 heterocycles. The number of carbonyl (C=O) groups excluding carboxylic acids is 1. The molecule has 6 heteroatoms. The van der Waals surface area contributed by atoms with Gasteiger partial charge in [-0.25, -0.2) is 4.98 Å². The van der Waals surface area contributed by atoms with Crippen LogP contribution in [0.15, 0.2) is 53.5 Å². The summed E-state index contributed by atoms with van der Waals surface area (Å²) in [5, 5.41) is 2.77. The van der Waals surface area contributed by atoms with Gasteiger partial charge in [0.05, 0.1) is 6.54 Å². The summed E-state index contributed by atoms with van der Waals surface area (Å²) >= 11 is 0. The Labute approximate surface area is 127 Å². The molecule has 1 amide bonds. The largest absolute Gasteiger partial charge is 0.351 e. The predicted molar refractivity (Wildman–Crippen MR) is 83.0 cm³/mol. The number of aromatic nitrogens is 3. The molecule has 0 unspecified atom stereocenters. The molecule has 0 aliphatic rings. The van der Waals surface area contributed by atoms with Gasteiger partial charge >= 0.3 is 0 Å². The zero-order valence-electron chi connectivity index (χ0n) is 12.2. The minimum absolute atomic E-state index is 0.212. The van der Waals surface area contributed by atoms with Crippen LogP contribution in [-0.4, -0.2) is 26.6 Å². The number of hydrogen-bond donors (Lipinski definition) is 1. The number of nitrogens with one attached hydrogen (secondary N) is 1. The van der Waals surface area contributed by atoms with Crippen LogP contribution in [0.4, 0.5) is 0 Å². The van der Waals surface area contributed by atoms with Crippen LogP contribution in [-0.2, 0) is 6.54 Å². The van der Waals surface area contributed by atoms with Gasteiger partial charge in [-0.2, -0.15) is 4.52 Å². The van der Waals surface area contributed by atoms with E-state index in [1.54, 1.807) is 10.7 Å². The van der Waals surface area contributed by atoms with Crippen LogP contribution in [0.2, 0.25) is 0 Å². The van der Waals surface area contributed by atoms with E-state index in [1.165, 1.54) is 16.8 Å². The fourth-order valence-corrected chi connectivity index (χ4v) is 2.41. The second-order valence-corrected chi connectivity index (χ2v) is 4.89. The molecule has 0 saturated carbocycles. The Bertz CT molecular complexity index is 865. The molecular weight excluding hydrogens is 280 g/mol. The number of fused-ring (bicyclic) bond motifs is 1. The maximum atomic E-state index is 12.3. The second kappa shape index (κ2) is 5.85. The lowest BCUT2D eigenvalue weighted by atomic mass is 10.2. The quantitative estimate of drug-likeness (QED) is 0.789. The maximum absolute atomic E-state index is 12.3. The first kappa shape index (κ1) is 14.1. The molecule has 0 fully saturated rings. The molecule has 0 bridgehead atoms. The smallest absolute Gasteiger partial charge is 0.272 e. The molecule has 2 aromatic heterocycles. The van der Waals surface area contributed by atoms with Crippen molar-refractivity contribution in [1.29, 1.82) is 0 Å². The van der Waals surface area contributed by atoms with E-state index >= 15 is 0 Å². The summed E-state index contributed by atoms with van der Waals surface area (Å²) in [5.74, 6) is -0.219. The average Bonchev–Trinajstić information content (AvgIpc) is 2.89. The first-order valence-corrected chi connectivity index (χ1v) is 7.10. The summed E-state index contributed by atoms with van der Waals surface area (Å²) in [5.41, 5.74) is 1.67. The zero-order chi connectivity index (χ0) is 15.5. The van der Waals surface area contributed by atoms with Gasteiger partial charge in [-0.3, -0.25) is 14.3 Å². The van der Waals surface area contributed by atoms with E-state index in [0.717, 1.165) is 5.56 Å². The molecule has 1 aromatic carbocycles. The van der Waals surface area contributed by atoms with E-state index in [9.17, 15) is 9.59 Å². The third-order valence-electron chi connectivity index (χ3n) is 3.38. The van der Waals surface area contributed by atoms with Crippen LogP contribution in [0.1, 0.15) is 23.0 Å². The minimum Gasteiger partial charge on any atom is -0.351 e. The van der Waals surface area contributed by atoms with Gasteiger partial charge in [-0.15, -0.1) is 0 Å². The molecule has 0 aliphatic carbocycles. The minimum atomic E-state index is -0.219. The Hall–Kier alpha value is -2.89. The standard InChI is InChI=1S/C16H16N4O2/c1-2-17-16(22)13-10-14-18-9-8-15(21)20(14)19(13)11-12-6-4-3-5-7-12/h3-10H,2,11H2,1H3,(H,17,22). The molecule has 0 aliphatic heterocycles. The Balaban J connectivity index is 2.18. The Morgan fingerprint density at radius 3 is 2.73 bits per heavy atom. The van der Waals surface area contributed by atoms with E-state index < -0.39 is 0 Å². The molecule has 6 nitrogen and oxygen atoms in total. The average molecular weight is 296 g/mol. The van der Waals surface area contributed by atoms with Crippen molar-refractivity contribution in [2.45, 2.75) is 13.5 Å². The van der Waals surface area contributed by atoms with Crippen molar-refractivity contribution >= 4 is 11.6 Å². The summed E-state index contributed by atoms with van der Waals surface area (Å²) < 4.78 is 3.09. The maximum Gasteiger partial charge on any atom is 0.272 e. The molecule has 0 atom stereocenters. The molecular formula is C16H16N4O2. The van der Waals surface area contributed by atoms with Crippen LogP contribution in [0.5, 0.6) is 0 Å². The Morgan fingerprint density at radius 1 is 1.23 bits per heavy atom. The molecule has 22 heavy (non-hydrogen) atoms. The third-order valence-corrected chi connectivity index (χ3v) is 3.38. The van der Waals surface area contributed by atoms with E-state index in [0.29, 0.717) is 24.4 Å². The lowest BCUT2D eigenvalue weighted by Crippen LogP contribution is -2.29. The van der Waals surface area contributed by atoms with Crippen molar-refractivity contribution in [3.05, 3.63) is 70.3 Å². The van der Waals surface area contributed by atoms with Crippen molar-refractivity contribution in [2.24, 2.45) is 0 Å². The zero-order valence-corrected chi connectivity index (χ0v) is 12.2. The van der Waals surface area contributed by atoms with Crippen molar-refractivity contribution in [3.8, 4) is 0 Å². The first-order chi connectivity index (χ1) is 10.7. The van der Waals surface area contributed by atoms with Crippen LogP contribution in [0.25, 0.3) is 5.65 Å². The van der Waals surface area contributed by atoms with Gasteiger partial charge < -0.3 is 5.32 Å². The fourth-order valence-electron chi connectivity index (χ4n) is 2.41. The fraction of sp³-hybridized carbons (Fsp3) is 0.188. The highest BCUT2D eigenvalue weighted by molar-refractivity contribution is 5.93. The number of rotatable bonds is 4. The first-order valence-electron chi connectivity index (χ1n) is 7.10. The van der Waals surface area contributed by atoms with E-state index in [4.69, 9.17) is 0 Å². The molecule has 0 radical (unpaired) electrons. The van der Waals surface area contributed by atoms with Gasteiger partial charge in [0.2, 0.25) is 0 Å². The summed E-state index contributed by atoms with van der Waals surface area (Å²) in [6, 6.07) is 12.7. The SMILES string of the molecule is CCNC(=O)c1cc2nccc(=O)n2n1Cc1ccccc1.